The lowest BCUT2D eigenvalue weighted by Gasteiger charge is -2.16. The summed E-state index contributed by atoms with van der Waals surface area (Å²) in [6.45, 7) is 2.66. The molecule has 1 fully saturated rings. The Morgan fingerprint density at radius 1 is 1.40 bits per heavy atom. The molecule has 1 aliphatic heterocycles. The minimum Gasteiger partial charge on any atom is -0.507 e. The Balaban J connectivity index is 2.17. The summed E-state index contributed by atoms with van der Waals surface area (Å²) in [5.74, 6) is -1.07. The van der Waals surface area contributed by atoms with Gasteiger partial charge in [-0.3, -0.25) is 9.59 Å². The van der Waals surface area contributed by atoms with Gasteiger partial charge in [0.2, 0.25) is 0 Å². The highest BCUT2D eigenvalue weighted by Gasteiger charge is 2.38. The van der Waals surface area contributed by atoms with Crippen molar-refractivity contribution in [2.75, 3.05) is 20.2 Å². The maximum Gasteiger partial charge on any atom is 0.310 e. The van der Waals surface area contributed by atoms with E-state index in [0.717, 1.165) is 0 Å². The monoisotopic (exact) mass is 297 g/mol. The molecule has 1 saturated heterocycles. The molecule has 0 saturated carbocycles. The third-order valence-corrected chi connectivity index (χ3v) is 3.83. The lowest BCUT2D eigenvalue weighted by molar-refractivity contribution is -0.146. The number of benzene rings is 1. The number of nitrogens with zero attached hydrogens (tertiary/aromatic N) is 1. The van der Waals surface area contributed by atoms with Crippen molar-refractivity contribution in [3.63, 3.8) is 0 Å². The molecule has 2 atom stereocenters. The van der Waals surface area contributed by atoms with E-state index in [1.165, 1.54) is 19.2 Å². The van der Waals surface area contributed by atoms with Gasteiger partial charge in [-0.2, -0.15) is 0 Å². The fourth-order valence-electron chi connectivity index (χ4n) is 2.45. The second kappa shape index (κ2) is 5.71. The largest absolute Gasteiger partial charge is 0.507 e. The van der Waals surface area contributed by atoms with E-state index in [1.54, 1.807) is 11.0 Å². The molecule has 1 N–H and O–H groups in total. The lowest BCUT2D eigenvalue weighted by atomic mass is 9.99. The Hall–Kier alpha value is -1.75. The number of amides is 1. The molecular formula is C14H16ClNO4. The molecule has 0 aliphatic carbocycles. The smallest absolute Gasteiger partial charge is 0.310 e. The highest BCUT2D eigenvalue weighted by molar-refractivity contribution is 6.30. The average molecular weight is 298 g/mol. The third kappa shape index (κ3) is 2.72. The van der Waals surface area contributed by atoms with Crippen molar-refractivity contribution >= 4 is 23.5 Å². The number of esters is 1. The van der Waals surface area contributed by atoms with Gasteiger partial charge in [-0.25, -0.2) is 0 Å². The number of phenolic OH excluding ortho intramolecular Hbond substituents is 1. The van der Waals surface area contributed by atoms with Crippen LogP contribution in [-0.4, -0.2) is 42.1 Å². The van der Waals surface area contributed by atoms with Crippen molar-refractivity contribution in [3.8, 4) is 5.75 Å². The maximum absolute atomic E-state index is 12.4. The predicted molar refractivity (Wildman–Crippen MR) is 73.7 cm³/mol. The fourth-order valence-corrected chi connectivity index (χ4v) is 2.61. The van der Waals surface area contributed by atoms with E-state index in [1.807, 2.05) is 6.92 Å². The molecular weight excluding hydrogens is 282 g/mol. The molecule has 0 spiro atoms. The first kappa shape index (κ1) is 14.7. The number of methoxy groups -OCH3 is 1. The Bertz CT molecular complexity index is 546. The quantitative estimate of drug-likeness (QED) is 0.847. The van der Waals surface area contributed by atoms with Gasteiger partial charge in [0, 0.05) is 18.1 Å². The summed E-state index contributed by atoms with van der Waals surface area (Å²) < 4.78 is 4.73. The second-order valence-electron chi connectivity index (χ2n) is 4.98. The Labute approximate surface area is 122 Å². The van der Waals surface area contributed by atoms with Crippen LogP contribution in [0.4, 0.5) is 0 Å². The van der Waals surface area contributed by atoms with Gasteiger partial charge in [0.1, 0.15) is 5.75 Å². The van der Waals surface area contributed by atoms with Crippen molar-refractivity contribution in [3.05, 3.63) is 28.8 Å². The van der Waals surface area contributed by atoms with Crippen molar-refractivity contribution in [2.24, 2.45) is 11.8 Å². The SMILES string of the molecule is COC(=O)C1CN(C(=O)c2ccc(Cl)cc2O)CC1C. The van der Waals surface area contributed by atoms with Gasteiger partial charge in [0.15, 0.2) is 0 Å². The van der Waals surface area contributed by atoms with Crippen LogP contribution in [0, 0.1) is 11.8 Å². The van der Waals surface area contributed by atoms with E-state index in [0.29, 0.717) is 18.1 Å². The number of likely N-dealkylation sites (tertiary alicyclic amines) is 1. The van der Waals surface area contributed by atoms with Crippen molar-refractivity contribution in [1.29, 1.82) is 0 Å². The van der Waals surface area contributed by atoms with Crippen molar-refractivity contribution < 1.29 is 19.4 Å². The minimum absolute atomic E-state index is 0.0286. The van der Waals surface area contributed by atoms with Crippen LogP contribution in [0.3, 0.4) is 0 Å². The number of halogens is 1. The van der Waals surface area contributed by atoms with Gasteiger partial charge in [-0.1, -0.05) is 18.5 Å². The van der Waals surface area contributed by atoms with Crippen LogP contribution in [0.5, 0.6) is 5.75 Å². The van der Waals surface area contributed by atoms with Crippen LogP contribution < -0.4 is 0 Å². The summed E-state index contributed by atoms with van der Waals surface area (Å²) in [7, 11) is 1.34. The molecule has 0 bridgehead atoms. The zero-order valence-corrected chi connectivity index (χ0v) is 12.1. The molecule has 0 aromatic heterocycles. The number of ether oxygens (including phenoxy) is 1. The van der Waals surface area contributed by atoms with E-state index >= 15 is 0 Å². The standard InChI is InChI=1S/C14H16ClNO4/c1-8-6-16(7-11(8)14(19)20-2)13(18)10-4-3-9(15)5-12(10)17/h3-5,8,11,17H,6-7H2,1-2H3. The lowest BCUT2D eigenvalue weighted by Crippen LogP contribution is -2.30. The van der Waals surface area contributed by atoms with E-state index in [-0.39, 0.29) is 35.0 Å². The Kier molecular flexibility index (Phi) is 4.18. The van der Waals surface area contributed by atoms with E-state index in [4.69, 9.17) is 16.3 Å². The Morgan fingerprint density at radius 2 is 2.10 bits per heavy atom. The van der Waals surface area contributed by atoms with Crippen molar-refractivity contribution in [1.82, 2.24) is 4.90 Å². The molecule has 20 heavy (non-hydrogen) atoms. The molecule has 1 aliphatic rings. The van der Waals surface area contributed by atoms with Crippen LogP contribution in [0.25, 0.3) is 0 Å². The summed E-state index contributed by atoms with van der Waals surface area (Å²) in [5.41, 5.74) is 0.187. The molecule has 1 aromatic rings. The average Bonchev–Trinajstić information content (AvgIpc) is 2.79. The molecule has 1 aromatic carbocycles. The molecule has 0 radical (unpaired) electrons. The summed E-state index contributed by atoms with van der Waals surface area (Å²) in [6.07, 6.45) is 0. The van der Waals surface area contributed by atoms with Crippen LogP contribution in [0.15, 0.2) is 18.2 Å². The van der Waals surface area contributed by atoms with Gasteiger partial charge < -0.3 is 14.7 Å². The molecule has 1 amide bonds. The van der Waals surface area contributed by atoms with Gasteiger partial charge in [0.05, 0.1) is 18.6 Å². The number of carbonyl (C=O) groups is 2. The summed E-state index contributed by atoms with van der Waals surface area (Å²) >= 11 is 5.74. The van der Waals surface area contributed by atoms with Gasteiger partial charge >= 0.3 is 5.97 Å². The molecule has 108 valence electrons. The van der Waals surface area contributed by atoms with Gasteiger partial charge in [-0.05, 0) is 24.1 Å². The number of phenols is 1. The summed E-state index contributed by atoms with van der Waals surface area (Å²) in [4.78, 5) is 25.5. The van der Waals surface area contributed by atoms with E-state index in [2.05, 4.69) is 0 Å². The predicted octanol–water partition coefficient (Wildman–Crippen LogP) is 1.93. The first-order chi connectivity index (χ1) is 9.43. The summed E-state index contributed by atoms with van der Waals surface area (Å²) in [5, 5.41) is 10.1. The van der Waals surface area contributed by atoms with Crippen LogP contribution >= 0.6 is 11.6 Å². The van der Waals surface area contributed by atoms with E-state index < -0.39 is 0 Å². The molecule has 2 unspecified atom stereocenters. The molecule has 1 heterocycles. The fraction of sp³-hybridized carbons (Fsp3) is 0.429. The minimum atomic E-state index is -0.321. The highest BCUT2D eigenvalue weighted by atomic mass is 35.5. The Morgan fingerprint density at radius 3 is 2.70 bits per heavy atom. The zero-order valence-electron chi connectivity index (χ0n) is 11.3. The van der Waals surface area contributed by atoms with Crippen LogP contribution in [0.1, 0.15) is 17.3 Å². The van der Waals surface area contributed by atoms with E-state index in [9.17, 15) is 14.7 Å². The first-order valence-corrected chi connectivity index (χ1v) is 6.67. The second-order valence-corrected chi connectivity index (χ2v) is 5.41. The van der Waals surface area contributed by atoms with Crippen molar-refractivity contribution in [2.45, 2.75) is 6.92 Å². The highest BCUT2D eigenvalue weighted by Crippen LogP contribution is 2.28. The topological polar surface area (TPSA) is 66.8 Å². The van der Waals surface area contributed by atoms with Gasteiger partial charge in [0.25, 0.3) is 5.91 Å². The zero-order chi connectivity index (χ0) is 14.9. The maximum atomic E-state index is 12.4. The van der Waals surface area contributed by atoms with Gasteiger partial charge in [-0.15, -0.1) is 0 Å². The number of hydrogen-bond donors (Lipinski definition) is 1. The molecule has 6 heteroatoms. The van der Waals surface area contributed by atoms with Crippen LogP contribution in [0.2, 0.25) is 5.02 Å². The number of hydrogen-bond acceptors (Lipinski definition) is 4. The molecule has 2 rings (SSSR count). The summed E-state index contributed by atoms with van der Waals surface area (Å²) in [6, 6.07) is 4.36. The first-order valence-electron chi connectivity index (χ1n) is 6.29. The third-order valence-electron chi connectivity index (χ3n) is 3.59. The number of carbonyl (C=O) groups excluding carboxylic acids is 2. The van der Waals surface area contributed by atoms with Crippen LogP contribution in [-0.2, 0) is 9.53 Å². The normalized spacial score (nSPS) is 21.9. The molecule has 5 nitrogen and oxygen atoms in total. The number of rotatable bonds is 2. The number of aromatic hydroxyl groups is 1.